The Morgan fingerprint density at radius 2 is 2.04 bits per heavy atom. The van der Waals surface area contributed by atoms with E-state index in [2.05, 4.69) is 0 Å². The Hall–Kier alpha value is -2.54. The SMILES string of the molecule is Cc1ccc2c(c1)N(C(=O)c1cccc(C(F)(F)F)c1)C(CCO)CO2. The zero-order valence-corrected chi connectivity index (χ0v) is 14.1. The minimum atomic E-state index is -4.53. The number of carbonyl (C=O) groups excluding carboxylic acids is 1. The van der Waals surface area contributed by atoms with Gasteiger partial charge in [-0.3, -0.25) is 9.69 Å². The monoisotopic (exact) mass is 365 g/mol. The molecule has 0 spiro atoms. The summed E-state index contributed by atoms with van der Waals surface area (Å²) in [5, 5.41) is 9.30. The fraction of sp³-hybridized carbons (Fsp3) is 0.316. The maximum atomic E-state index is 13.1. The Balaban J connectivity index is 2.05. The molecule has 1 atom stereocenters. The first-order valence-corrected chi connectivity index (χ1v) is 8.16. The molecule has 0 fully saturated rings. The summed E-state index contributed by atoms with van der Waals surface area (Å²) in [6.07, 6.45) is -4.27. The van der Waals surface area contributed by atoms with Crippen LogP contribution in [-0.4, -0.2) is 30.3 Å². The normalized spacial score (nSPS) is 16.8. The van der Waals surface area contributed by atoms with Crippen molar-refractivity contribution in [3.8, 4) is 5.75 Å². The Morgan fingerprint density at radius 3 is 2.73 bits per heavy atom. The number of halogens is 3. The Bertz CT molecular complexity index is 820. The number of alkyl halides is 3. The quantitative estimate of drug-likeness (QED) is 0.900. The van der Waals surface area contributed by atoms with E-state index in [1.165, 1.54) is 17.0 Å². The van der Waals surface area contributed by atoms with E-state index < -0.39 is 23.7 Å². The van der Waals surface area contributed by atoms with Gasteiger partial charge in [0, 0.05) is 12.2 Å². The van der Waals surface area contributed by atoms with Crippen LogP contribution in [0.15, 0.2) is 42.5 Å². The van der Waals surface area contributed by atoms with E-state index in [1.807, 2.05) is 13.0 Å². The molecule has 0 bridgehead atoms. The summed E-state index contributed by atoms with van der Waals surface area (Å²) in [5.74, 6) is -0.0604. The van der Waals surface area contributed by atoms with Crippen LogP contribution < -0.4 is 9.64 Å². The molecule has 2 aromatic carbocycles. The first-order valence-electron chi connectivity index (χ1n) is 8.16. The predicted octanol–water partition coefficient (Wildman–Crippen LogP) is 3.80. The fourth-order valence-electron chi connectivity index (χ4n) is 3.00. The van der Waals surface area contributed by atoms with Gasteiger partial charge >= 0.3 is 6.18 Å². The molecule has 4 nitrogen and oxygen atoms in total. The maximum absolute atomic E-state index is 13.1. The van der Waals surface area contributed by atoms with Gasteiger partial charge in [0.15, 0.2) is 0 Å². The minimum absolute atomic E-state index is 0.0582. The summed E-state index contributed by atoms with van der Waals surface area (Å²) in [4.78, 5) is 14.5. The van der Waals surface area contributed by atoms with Crippen LogP contribution in [0, 0.1) is 6.92 Å². The number of carbonyl (C=O) groups is 1. The van der Waals surface area contributed by atoms with Crippen LogP contribution >= 0.6 is 0 Å². The van der Waals surface area contributed by atoms with Gasteiger partial charge in [0.25, 0.3) is 5.91 Å². The number of aliphatic hydroxyl groups is 1. The van der Waals surface area contributed by atoms with Crippen molar-refractivity contribution in [2.24, 2.45) is 0 Å². The zero-order valence-electron chi connectivity index (χ0n) is 14.1. The van der Waals surface area contributed by atoms with Gasteiger partial charge in [0.05, 0.1) is 17.3 Å². The van der Waals surface area contributed by atoms with E-state index in [4.69, 9.17) is 4.74 Å². The van der Waals surface area contributed by atoms with Gasteiger partial charge in [-0.25, -0.2) is 0 Å². The van der Waals surface area contributed by atoms with Crippen molar-refractivity contribution in [2.75, 3.05) is 18.1 Å². The van der Waals surface area contributed by atoms with Crippen LogP contribution in [0.2, 0.25) is 0 Å². The fourth-order valence-corrected chi connectivity index (χ4v) is 3.00. The molecule has 1 N–H and O–H groups in total. The van der Waals surface area contributed by atoms with Crippen molar-refractivity contribution in [2.45, 2.75) is 25.6 Å². The molecular formula is C19H18F3NO3. The molecule has 3 rings (SSSR count). The van der Waals surface area contributed by atoms with Gasteiger partial charge < -0.3 is 9.84 Å². The number of amides is 1. The summed E-state index contributed by atoms with van der Waals surface area (Å²) >= 11 is 0. The number of anilines is 1. The van der Waals surface area contributed by atoms with Crippen LogP contribution in [0.4, 0.5) is 18.9 Å². The van der Waals surface area contributed by atoms with Gasteiger partial charge in [-0.05, 0) is 49.2 Å². The van der Waals surface area contributed by atoms with E-state index in [1.54, 1.807) is 12.1 Å². The highest BCUT2D eigenvalue weighted by Gasteiger charge is 2.35. The maximum Gasteiger partial charge on any atom is 0.416 e. The van der Waals surface area contributed by atoms with Crippen molar-refractivity contribution >= 4 is 11.6 Å². The Labute approximate surface area is 148 Å². The molecule has 0 aromatic heterocycles. The molecule has 138 valence electrons. The third-order valence-electron chi connectivity index (χ3n) is 4.29. The topological polar surface area (TPSA) is 49.8 Å². The standard InChI is InChI=1S/C19H18F3NO3/c1-12-5-6-17-16(9-12)23(15(7-8-24)11-26-17)18(25)13-3-2-4-14(10-13)19(20,21)22/h2-6,9-10,15,24H,7-8,11H2,1H3. The molecule has 0 radical (unpaired) electrons. The van der Waals surface area contributed by atoms with Gasteiger partial charge in [-0.2, -0.15) is 13.2 Å². The van der Waals surface area contributed by atoms with E-state index in [-0.39, 0.29) is 25.2 Å². The highest BCUT2D eigenvalue weighted by atomic mass is 19.4. The lowest BCUT2D eigenvalue weighted by Gasteiger charge is -2.37. The third-order valence-corrected chi connectivity index (χ3v) is 4.29. The molecule has 2 aromatic rings. The van der Waals surface area contributed by atoms with Gasteiger partial charge in [-0.1, -0.05) is 12.1 Å². The van der Waals surface area contributed by atoms with Crippen molar-refractivity contribution < 1.29 is 27.8 Å². The molecule has 7 heteroatoms. The van der Waals surface area contributed by atoms with Crippen molar-refractivity contribution in [3.63, 3.8) is 0 Å². The number of aliphatic hydroxyl groups excluding tert-OH is 1. The summed E-state index contributed by atoms with van der Waals surface area (Å²) < 4.78 is 44.6. The van der Waals surface area contributed by atoms with Gasteiger partial charge in [-0.15, -0.1) is 0 Å². The average molecular weight is 365 g/mol. The number of benzene rings is 2. The van der Waals surface area contributed by atoms with Crippen LogP contribution in [0.3, 0.4) is 0 Å². The lowest BCUT2D eigenvalue weighted by molar-refractivity contribution is -0.137. The third kappa shape index (κ3) is 3.53. The number of nitrogens with zero attached hydrogens (tertiary/aromatic N) is 1. The van der Waals surface area contributed by atoms with Crippen LogP contribution in [-0.2, 0) is 6.18 Å². The number of fused-ring (bicyclic) bond motifs is 1. The molecule has 0 saturated heterocycles. The van der Waals surface area contributed by atoms with Crippen molar-refractivity contribution in [1.29, 1.82) is 0 Å². The summed E-state index contributed by atoms with van der Waals surface area (Å²) in [5.41, 5.74) is 0.452. The van der Waals surface area contributed by atoms with Gasteiger partial charge in [0.2, 0.25) is 0 Å². The summed E-state index contributed by atoms with van der Waals surface area (Å²) in [7, 11) is 0. The van der Waals surface area contributed by atoms with E-state index >= 15 is 0 Å². The zero-order chi connectivity index (χ0) is 18.9. The van der Waals surface area contributed by atoms with E-state index in [0.717, 1.165) is 17.7 Å². The molecular weight excluding hydrogens is 347 g/mol. The van der Waals surface area contributed by atoms with Crippen LogP contribution in [0.1, 0.15) is 27.9 Å². The first kappa shape index (κ1) is 18.3. The van der Waals surface area contributed by atoms with E-state index in [9.17, 15) is 23.1 Å². The Kier molecular flexibility index (Phi) is 4.91. The second kappa shape index (κ2) is 6.99. The molecule has 0 aliphatic carbocycles. The first-order chi connectivity index (χ1) is 12.3. The molecule has 1 amide bonds. The molecule has 1 heterocycles. The predicted molar refractivity (Wildman–Crippen MR) is 90.4 cm³/mol. The lowest BCUT2D eigenvalue weighted by Crippen LogP contribution is -2.47. The highest BCUT2D eigenvalue weighted by Crippen LogP contribution is 2.37. The second-order valence-electron chi connectivity index (χ2n) is 6.20. The Morgan fingerprint density at radius 1 is 1.27 bits per heavy atom. The van der Waals surface area contributed by atoms with Crippen molar-refractivity contribution in [1.82, 2.24) is 0 Å². The summed E-state index contributed by atoms with van der Waals surface area (Å²) in [6, 6.07) is 9.21. The number of rotatable bonds is 3. The van der Waals surface area contributed by atoms with Crippen molar-refractivity contribution in [3.05, 3.63) is 59.2 Å². The largest absolute Gasteiger partial charge is 0.489 e. The molecule has 0 saturated carbocycles. The smallest absolute Gasteiger partial charge is 0.416 e. The van der Waals surface area contributed by atoms with E-state index in [0.29, 0.717) is 11.4 Å². The highest BCUT2D eigenvalue weighted by molar-refractivity contribution is 6.07. The number of aryl methyl sites for hydroxylation is 1. The minimum Gasteiger partial charge on any atom is -0.489 e. The number of hydrogen-bond donors (Lipinski definition) is 1. The second-order valence-corrected chi connectivity index (χ2v) is 6.20. The molecule has 1 aliphatic heterocycles. The van der Waals surface area contributed by atoms with Gasteiger partial charge in [0.1, 0.15) is 12.4 Å². The van der Waals surface area contributed by atoms with Crippen LogP contribution in [0.5, 0.6) is 5.75 Å². The molecule has 26 heavy (non-hydrogen) atoms. The lowest BCUT2D eigenvalue weighted by atomic mass is 10.0. The summed E-state index contributed by atoms with van der Waals surface area (Å²) in [6.45, 7) is 1.85. The van der Waals surface area contributed by atoms with Crippen LogP contribution in [0.25, 0.3) is 0 Å². The number of ether oxygens (including phenoxy) is 1. The average Bonchev–Trinajstić information content (AvgIpc) is 2.60. The molecule has 1 aliphatic rings. The molecule has 1 unspecified atom stereocenters. The number of hydrogen-bond acceptors (Lipinski definition) is 3.